The van der Waals surface area contributed by atoms with Crippen molar-refractivity contribution in [3.63, 3.8) is 0 Å². The molecule has 0 aliphatic heterocycles. The molecule has 0 N–H and O–H groups in total. The van der Waals surface area contributed by atoms with E-state index in [0.29, 0.717) is 13.0 Å². The fourth-order valence-electron chi connectivity index (χ4n) is 1.17. The van der Waals surface area contributed by atoms with E-state index in [1.807, 2.05) is 0 Å². The molecule has 0 aliphatic carbocycles. The average molecular weight is 257 g/mol. The van der Waals surface area contributed by atoms with E-state index in [4.69, 9.17) is 4.74 Å². The lowest BCUT2D eigenvalue weighted by molar-refractivity contribution is -0.164. The summed E-state index contributed by atoms with van der Waals surface area (Å²) < 4.78 is 46.1. The van der Waals surface area contributed by atoms with Gasteiger partial charge in [0.2, 0.25) is 5.91 Å². The van der Waals surface area contributed by atoms with Crippen LogP contribution in [0.5, 0.6) is 0 Å². The Morgan fingerprint density at radius 3 is 2.41 bits per heavy atom. The fourth-order valence-corrected chi connectivity index (χ4v) is 1.17. The number of amides is 1. The van der Waals surface area contributed by atoms with Crippen LogP contribution in [-0.2, 0) is 14.3 Å². The van der Waals surface area contributed by atoms with Crippen LogP contribution < -0.4 is 0 Å². The van der Waals surface area contributed by atoms with E-state index in [9.17, 15) is 18.0 Å². The highest BCUT2D eigenvalue weighted by Crippen LogP contribution is 2.16. The van der Waals surface area contributed by atoms with Gasteiger partial charge in [0, 0.05) is 13.7 Å². The molecule has 102 valence electrons. The van der Waals surface area contributed by atoms with E-state index in [2.05, 4.69) is 4.74 Å². The zero-order valence-corrected chi connectivity index (χ0v) is 10.0. The van der Waals surface area contributed by atoms with E-state index in [1.54, 1.807) is 6.92 Å². The van der Waals surface area contributed by atoms with Gasteiger partial charge in [-0.05, 0) is 6.42 Å². The highest BCUT2D eigenvalue weighted by Gasteiger charge is 2.32. The van der Waals surface area contributed by atoms with Gasteiger partial charge < -0.3 is 14.4 Å². The topological polar surface area (TPSA) is 38.8 Å². The summed E-state index contributed by atoms with van der Waals surface area (Å²) in [6.45, 7) is 0.704. The maximum atomic E-state index is 12.2. The fraction of sp³-hybridized carbons (Fsp3) is 0.900. The van der Waals surface area contributed by atoms with E-state index in [0.717, 1.165) is 4.90 Å². The molecular weight excluding hydrogens is 239 g/mol. The van der Waals surface area contributed by atoms with Crippen molar-refractivity contribution in [2.75, 3.05) is 40.0 Å². The largest absolute Gasteiger partial charge is 0.406 e. The van der Waals surface area contributed by atoms with Gasteiger partial charge in [0.15, 0.2) is 0 Å². The summed E-state index contributed by atoms with van der Waals surface area (Å²) in [5, 5.41) is 0. The second-order valence-electron chi connectivity index (χ2n) is 3.48. The van der Waals surface area contributed by atoms with Crippen LogP contribution in [0, 0.1) is 0 Å². The van der Waals surface area contributed by atoms with Crippen LogP contribution in [-0.4, -0.2) is 57.0 Å². The molecule has 0 rings (SSSR count). The maximum absolute atomic E-state index is 12.2. The van der Waals surface area contributed by atoms with Gasteiger partial charge in [-0.2, -0.15) is 13.2 Å². The average Bonchev–Trinajstić information content (AvgIpc) is 2.21. The van der Waals surface area contributed by atoms with E-state index in [1.165, 1.54) is 7.11 Å². The van der Waals surface area contributed by atoms with Crippen molar-refractivity contribution in [2.45, 2.75) is 19.5 Å². The smallest absolute Gasteiger partial charge is 0.382 e. The summed E-state index contributed by atoms with van der Waals surface area (Å²) in [4.78, 5) is 12.2. The molecule has 0 spiro atoms. The Labute approximate surface area is 98.7 Å². The molecule has 7 heteroatoms. The van der Waals surface area contributed by atoms with Gasteiger partial charge in [-0.3, -0.25) is 4.79 Å². The molecule has 0 bridgehead atoms. The number of halogens is 3. The standard InChI is InChI=1S/C10H18F3NO3/c1-3-4-14(8-10(11,12)13)9(15)7-17-6-5-16-2/h3-8H2,1-2H3. The van der Waals surface area contributed by atoms with E-state index >= 15 is 0 Å². The number of nitrogens with zero attached hydrogens (tertiary/aromatic N) is 1. The summed E-state index contributed by atoms with van der Waals surface area (Å²) in [7, 11) is 1.47. The van der Waals surface area contributed by atoms with Crippen LogP contribution in [0.15, 0.2) is 0 Å². The number of alkyl halides is 3. The molecule has 0 radical (unpaired) electrons. The van der Waals surface area contributed by atoms with Crippen molar-refractivity contribution >= 4 is 5.91 Å². The van der Waals surface area contributed by atoms with Gasteiger partial charge in [-0.25, -0.2) is 0 Å². The van der Waals surface area contributed by atoms with Crippen LogP contribution in [0.3, 0.4) is 0 Å². The first-order valence-electron chi connectivity index (χ1n) is 5.32. The molecule has 0 saturated heterocycles. The van der Waals surface area contributed by atoms with Gasteiger partial charge in [0.25, 0.3) is 0 Å². The highest BCUT2D eigenvalue weighted by atomic mass is 19.4. The minimum atomic E-state index is -4.38. The van der Waals surface area contributed by atoms with Crippen molar-refractivity contribution in [1.29, 1.82) is 0 Å². The third-order valence-corrected chi connectivity index (χ3v) is 1.87. The lowest BCUT2D eigenvalue weighted by Crippen LogP contribution is -2.41. The maximum Gasteiger partial charge on any atom is 0.406 e. The van der Waals surface area contributed by atoms with Gasteiger partial charge >= 0.3 is 6.18 Å². The number of methoxy groups -OCH3 is 1. The number of hydrogen-bond acceptors (Lipinski definition) is 3. The summed E-state index contributed by atoms with van der Waals surface area (Å²) in [5.74, 6) is -0.653. The SMILES string of the molecule is CCCN(CC(F)(F)F)C(=O)COCCOC. The normalized spacial score (nSPS) is 11.6. The number of hydrogen-bond donors (Lipinski definition) is 0. The zero-order chi connectivity index (χ0) is 13.3. The van der Waals surface area contributed by atoms with E-state index in [-0.39, 0.29) is 19.8 Å². The molecule has 0 unspecified atom stereocenters. The van der Waals surface area contributed by atoms with Crippen molar-refractivity contribution < 1.29 is 27.4 Å². The number of carbonyl (C=O) groups excluding carboxylic acids is 1. The first-order chi connectivity index (χ1) is 7.90. The van der Waals surface area contributed by atoms with Crippen LogP contribution >= 0.6 is 0 Å². The second kappa shape index (κ2) is 8.30. The Morgan fingerprint density at radius 1 is 1.29 bits per heavy atom. The third-order valence-electron chi connectivity index (χ3n) is 1.87. The molecule has 1 amide bonds. The highest BCUT2D eigenvalue weighted by molar-refractivity contribution is 5.77. The molecule has 0 aromatic rings. The van der Waals surface area contributed by atoms with Crippen LogP contribution in [0.25, 0.3) is 0 Å². The molecule has 0 aliphatic rings. The summed E-state index contributed by atoms with van der Waals surface area (Å²) >= 11 is 0. The zero-order valence-electron chi connectivity index (χ0n) is 10.0. The molecule has 0 fully saturated rings. The summed E-state index contributed by atoms with van der Waals surface area (Å²) in [5.41, 5.74) is 0. The molecule has 0 saturated carbocycles. The number of ether oxygens (including phenoxy) is 2. The summed E-state index contributed by atoms with van der Waals surface area (Å²) in [6, 6.07) is 0. The van der Waals surface area contributed by atoms with Crippen LogP contribution in [0.2, 0.25) is 0 Å². The predicted octanol–water partition coefficient (Wildman–Crippen LogP) is 1.45. The van der Waals surface area contributed by atoms with Gasteiger partial charge in [-0.1, -0.05) is 6.92 Å². The van der Waals surface area contributed by atoms with Crippen molar-refractivity contribution in [1.82, 2.24) is 4.90 Å². The van der Waals surface area contributed by atoms with Crippen LogP contribution in [0.1, 0.15) is 13.3 Å². The van der Waals surface area contributed by atoms with Gasteiger partial charge in [0.05, 0.1) is 13.2 Å². The first kappa shape index (κ1) is 16.2. The minimum Gasteiger partial charge on any atom is -0.382 e. The molecule has 0 atom stereocenters. The monoisotopic (exact) mass is 257 g/mol. The number of rotatable bonds is 8. The Bertz CT molecular complexity index is 221. The first-order valence-corrected chi connectivity index (χ1v) is 5.32. The van der Waals surface area contributed by atoms with Crippen LogP contribution in [0.4, 0.5) is 13.2 Å². The predicted molar refractivity (Wildman–Crippen MR) is 55.6 cm³/mol. The van der Waals surface area contributed by atoms with Crippen molar-refractivity contribution in [3.05, 3.63) is 0 Å². The molecular formula is C10H18F3NO3. The quantitative estimate of drug-likeness (QED) is 0.618. The van der Waals surface area contributed by atoms with Gasteiger partial charge in [-0.15, -0.1) is 0 Å². The summed E-state index contributed by atoms with van der Waals surface area (Å²) in [6.07, 6.45) is -3.91. The minimum absolute atomic E-state index is 0.0754. The lowest BCUT2D eigenvalue weighted by atomic mass is 10.4. The third kappa shape index (κ3) is 8.93. The Morgan fingerprint density at radius 2 is 1.94 bits per heavy atom. The second-order valence-corrected chi connectivity index (χ2v) is 3.48. The molecule has 0 heterocycles. The molecule has 0 aromatic heterocycles. The Balaban J connectivity index is 4.06. The van der Waals surface area contributed by atoms with Crippen molar-refractivity contribution in [3.8, 4) is 0 Å². The van der Waals surface area contributed by atoms with Crippen molar-refractivity contribution in [2.24, 2.45) is 0 Å². The molecule has 17 heavy (non-hydrogen) atoms. The van der Waals surface area contributed by atoms with E-state index < -0.39 is 18.6 Å². The number of carbonyl (C=O) groups is 1. The Kier molecular flexibility index (Phi) is 7.90. The van der Waals surface area contributed by atoms with Gasteiger partial charge in [0.1, 0.15) is 13.2 Å². The lowest BCUT2D eigenvalue weighted by Gasteiger charge is -2.23. The Hall–Kier alpha value is -0.820. The molecule has 0 aromatic carbocycles. The molecule has 4 nitrogen and oxygen atoms in total.